The molecule has 156 valence electrons. The van der Waals surface area contributed by atoms with E-state index in [1.165, 1.54) is 0 Å². The van der Waals surface area contributed by atoms with Crippen LogP contribution >= 0.6 is 0 Å². The molecule has 2 aromatic heterocycles. The first-order valence-electron chi connectivity index (χ1n) is 10.7. The van der Waals surface area contributed by atoms with Gasteiger partial charge in [0.05, 0.1) is 12.0 Å². The maximum atomic E-state index is 13.1. The van der Waals surface area contributed by atoms with Crippen LogP contribution in [0.2, 0.25) is 0 Å². The van der Waals surface area contributed by atoms with E-state index in [0.29, 0.717) is 13.0 Å². The molecule has 1 aliphatic heterocycles. The van der Waals surface area contributed by atoms with Crippen LogP contribution in [0.4, 0.5) is 0 Å². The molecule has 3 heterocycles. The summed E-state index contributed by atoms with van der Waals surface area (Å²) in [6.07, 6.45) is 7.40. The SMILES string of the molecule is CC(C)c1ncc([C@@H]2[C@H](O)[C@@H](C(=O)N3CCCC3)C[C@H]2NCc2ccncc2)[nH]1. The third-order valence-electron chi connectivity index (χ3n) is 6.30. The Kier molecular flexibility index (Phi) is 5.96. The van der Waals surface area contributed by atoms with Crippen LogP contribution in [0.3, 0.4) is 0 Å². The fourth-order valence-electron chi connectivity index (χ4n) is 4.64. The van der Waals surface area contributed by atoms with Crippen molar-refractivity contribution in [3.63, 3.8) is 0 Å². The van der Waals surface area contributed by atoms with Gasteiger partial charge in [-0.3, -0.25) is 9.78 Å². The molecule has 1 saturated heterocycles. The van der Waals surface area contributed by atoms with E-state index >= 15 is 0 Å². The van der Waals surface area contributed by atoms with E-state index < -0.39 is 6.10 Å². The number of H-pyrrole nitrogens is 1. The lowest BCUT2D eigenvalue weighted by Gasteiger charge is -2.24. The number of hydrogen-bond donors (Lipinski definition) is 3. The summed E-state index contributed by atoms with van der Waals surface area (Å²) in [6, 6.07) is 3.95. The van der Waals surface area contributed by atoms with Gasteiger partial charge in [-0.1, -0.05) is 13.8 Å². The van der Waals surface area contributed by atoms with Gasteiger partial charge in [0.15, 0.2) is 0 Å². The zero-order valence-electron chi connectivity index (χ0n) is 17.2. The number of aromatic nitrogens is 3. The zero-order chi connectivity index (χ0) is 20.4. The van der Waals surface area contributed by atoms with Crippen LogP contribution in [-0.2, 0) is 11.3 Å². The normalized spacial score (nSPS) is 27.1. The molecule has 0 radical (unpaired) electrons. The van der Waals surface area contributed by atoms with Gasteiger partial charge in [0, 0.05) is 61.8 Å². The van der Waals surface area contributed by atoms with Crippen molar-refractivity contribution in [2.24, 2.45) is 5.92 Å². The first kappa shape index (κ1) is 20.0. The molecule has 4 atom stereocenters. The number of aliphatic hydroxyl groups is 1. The highest BCUT2D eigenvalue weighted by molar-refractivity contribution is 5.80. The van der Waals surface area contributed by atoms with Gasteiger partial charge >= 0.3 is 0 Å². The van der Waals surface area contributed by atoms with E-state index in [0.717, 1.165) is 43.0 Å². The van der Waals surface area contributed by atoms with Crippen molar-refractivity contribution in [1.82, 2.24) is 25.2 Å². The van der Waals surface area contributed by atoms with E-state index in [2.05, 4.69) is 34.1 Å². The van der Waals surface area contributed by atoms with Crippen molar-refractivity contribution in [2.75, 3.05) is 13.1 Å². The molecule has 2 aromatic rings. The number of hydrogen-bond acceptors (Lipinski definition) is 5. The van der Waals surface area contributed by atoms with E-state index in [1.807, 2.05) is 23.2 Å². The van der Waals surface area contributed by atoms with Gasteiger partial charge in [-0.2, -0.15) is 0 Å². The molecule has 3 N–H and O–H groups in total. The van der Waals surface area contributed by atoms with E-state index in [4.69, 9.17) is 0 Å². The summed E-state index contributed by atoms with van der Waals surface area (Å²) in [7, 11) is 0. The van der Waals surface area contributed by atoms with Crippen LogP contribution in [0.25, 0.3) is 0 Å². The van der Waals surface area contributed by atoms with Crippen molar-refractivity contribution in [2.45, 2.75) is 63.6 Å². The predicted molar refractivity (Wildman–Crippen MR) is 110 cm³/mol. The van der Waals surface area contributed by atoms with Crippen LogP contribution in [0, 0.1) is 5.92 Å². The van der Waals surface area contributed by atoms with Crippen molar-refractivity contribution in [1.29, 1.82) is 0 Å². The minimum atomic E-state index is -0.724. The molecule has 2 fully saturated rings. The lowest BCUT2D eigenvalue weighted by atomic mass is 9.95. The standard InChI is InChI=1S/C22H31N5O2/c1-14(2)21-25-13-18(26-21)19-17(24-12-15-5-7-23-8-6-15)11-16(20(19)28)22(29)27-9-3-4-10-27/h5-8,13-14,16-17,19-20,24,28H,3-4,9-12H2,1-2H3,(H,25,26)/t16-,17+,19+,20+/m0/s1. The van der Waals surface area contributed by atoms with Gasteiger partial charge in [0.2, 0.25) is 5.91 Å². The molecule has 7 heteroatoms. The number of carbonyl (C=O) groups excluding carboxylic acids is 1. The average molecular weight is 398 g/mol. The summed E-state index contributed by atoms with van der Waals surface area (Å²) in [4.78, 5) is 27.0. The largest absolute Gasteiger partial charge is 0.392 e. The summed E-state index contributed by atoms with van der Waals surface area (Å²) in [5.74, 6) is 0.728. The maximum Gasteiger partial charge on any atom is 0.228 e. The molecule has 0 unspecified atom stereocenters. The van der Waals surface area contributed by atoms with Gasteiger partial charge < -0.3 is 20.3 Å². The molecule has 7 nitrogen and oxygen atoms in total. The van der Waals surface area contributed by atoms with Gasteiger partial charge in [-0.05, 0) is 37.0 Å². The fraction of sp³-hybridized carbons (Fsp3) is 0.591. The molecule has 29 heavy (non-hydrogen) atoms. The number of carbonyl (C=O) groups is 1. The van der Waals surface area contributed by atoms with Crippen LogP contribution in [0.1, 0.15) is 62.0 Å². The lowest BCUT2D eigenvalue weighted by molar-refractivity contribution is -0.137. The first-order valence-corrected chi connectivity index (χ1v) is 10.7. The molecular weight excluding hydrogens is 366 g/mol. The highest BCUT2D eigenvalue weighted by atomic mass is 16.3. The number of amides is 1. The molecular formula is C22H31N5O2. The number of aromatic amines is 1. The number of rotatable bonds is 6. The van der Waals surface area contributed by atoms with Crippen LogP contribution in [0.15, 0.2) is 30.7 Å². The van der Waals surface area contributed by atoms with Crippen LogP contribution in [0.5, 0.6) is 0 Å². The van der Waals surface area contributed by atoms with Crippen molar-refractivity contribution < 1.29 is 9.90 Å². The molecule has 2 aliphatic rings. The Hall–Kier alpha value is -2.25. The molecule has 0 bridgehead atoms. The fourth-order valence-corrected chi connectivity index (χ4v) is 4.64. The second-order valence-corrected chi connectivity index (χ2v) is 8.61. The number of nitrogens with zero attached hydrogens (tertiary/aromatic N) is 3. The number of imidazole rings is 1. The topological polar surface area (TPSA) is 94.1 Å². The smallest absolute Gasteiger partial charge is 0.228 e. The van der Waals surface area contributed by atoms with Gasteiger partial charge in [0.25, 0.3) is 0 Å². The zero-order valence-corrected chi connectivity index (χ0v) is 17.2. The molecule has 4 rings (SSSR count). The summed E-state index contributed by atoms with van der Waals surface area (Å²) in [5, 5.41) is 14.8. The van der Waals surface area contributed by atoms with E-state index in [1.54, 1.807) is 12.4 Å². The van der Waals surface area contributed by atoms with E-state index in [9.17, 15) is 9.90 Å². The van der Waals surface area contributed by atoms with Crippen LogP contribution < -0.4 is 5.32 Å². The summed E-state index contributed by atoms with van der Waals surface area (Å²) in [6.45, 7) is 6.47. The second-order valence-electron chi connectivity index (χ2n) is 8.61. The Balaban J connectivity index is 1.55. The lowest BCUT2D eigenvalue weighted by Crippen LogP contribution is -2.38. The maximum absolute atomic E-state index is 13.1. The monoisotopic (exact) mass is 397 g/mol. The van der Waals surface area contributed by atoms with Gasteiger partial charge in [0.1, 0.15) is 5.82 Å². The number of pyridine rings is 1. The predicted octanol–water partition coefficient (Wildman–Crippen LogP) is 2.17. The Bertz CT molecular complexity index is 816. The molecule has 1 saturated carbocycles. The third kappa shape index (κ3) is 4.21. The first-order chi connectivity index (χ1) is 14.0. The average Bonchev–Trinajstić information content (AvgIpc) is 3.47. The number of likely N-dealkylation sites (tertiary alicyclic amines) is 1. The summed E-state index contributed by atoms with van der Waals surface area (Å²) < 4.78 is 0. The number of aliphatic hydroxyl groups excluding tert-OH is 1. The quantitative estimate of drug-likeness (QED) is 0.695. The number of nitrogens with one attached hydrogen (secondary N) is 2. The van der Waals surface area contributed by atoms with Crippen molar-refractivity contribution in [3.8, 4) is 0 Å². The van der Waals surface area contributed by atoms with Crippen molar-refractivity contribution in [3.05, 3.63) is 47.8 Å². The highest BCUT2D eigenvalue weighted by Gasteiger charge is 2.48. The molecule has 0 aromatic carbocycles. The second kappa shape index (κ2) is 8.63. The Morgan fingerprint density at radius 3 is 2.69 bits per heavy atom. The Morgan fingerprint density at radius 1 is 1.31 bits per heavy atom. The molecule has 1 aliphatic carbocycles. The minimum Gasteiger partial charge on any atom is -0.392 e. The Labute approximate surface area is 171 Å². The van der Waals surface area contributed by atoms with Gasteiger partial charge in [-0.15, -0.1) is 0 Å². The third-order valence-corrected chi connectivity index (χ3v) is 6.30. The minimum absolute atomic E-state index is 0.00446. The van der Waals surface area contributed by atoms with E-state index in [-0.39, 0.29) is 29.7 Å². The van der Waals surface area contributed by atoms with Gasteiger partial charge in [-0.25, -0.2) is 4.98 Å². The van der Waals surface area contributed by atoms with Crippen molar-refractivity contribution >= 4 is 5.91 Å². The summed E-state index contributed by atoms with van der Waals surface area (Å²) >= 11 is 0. The Morgan fingerprint density at radius 2 is 2.03 bits per heavy atom. The van der Waals surface area contributed by atoms with Crippen LogP contribution in [-0.4, -0.2) is 56.1 Å². The highest BCUT2D eigenvalue weighted by Crippen LogP contribution is 2.40. The summed E-state index contributed by atoms with van der Waals surface area (Å²) in [5.41, 5.74) is 2.04. The molecule has 1 amide bonds. The molecule has 0 spiro atoms.